The number of nitrogens with one attached hydrogen (secondary N) is 1. The summed E-state index contributed by atoms with van der Waals surface area (Å²) in [6.45, 7) is 3.94. The maximum atomic E-state index is 12.9. The summed E-state index contributed by atoms with van der Waals surface area (Å²) in [6.07, 6.45) is 1.59. The molecule has 112 valence electrons. The highest BCUT2D eigenvalue weighted by Crippen LogP contribution is 2.31. The SMILES string of the molecule is CC1CCCC(N2CCNCC(C(F)(F)F)C2)CC1. The number of rotatable bonds is 1. The van der Waals surface area contributed by atoms with Gasteiger partial charge in [0.05, 0.1) is 5.92 Å². The number of alkyl halides is 3. The molecule has 2 fully saturated rings. The number of halogens is 3. The fourth-order valence-electron chi connectivity index (χ4n) is 3.32. The minimum atomic E-state index is -4.08. The van der Waals surface area contributed by atoms with Crippen LogP contribution in [0.3, 0.4) is 0 Å². The Balaban J connectivity index is 1.97. The van der Waals surface area contributed by atoms with Crippen LogP contribution in [0.25, 0.3) is 0 Å². The van der Waals surface area contributed by atoms with E-state index < -0.39 is 12.1 Å². The lowest BCUT2D eigenvalue weighted by Gasteiger charge is -2.32. The third-order valence-corrected chi connectivity index (χ3v) is 4.63. The first kappa shape index (κ1) is 15.1. The molecule has 5 heteroatoms. The Labute approximate surface area is 113 Å². The summed E-state index contributed by atoms with van der Waals surface area (Å²) in [6, 6.07) is 0.356. The molecule has 0 spiro atoms. The van der Waals surface area contributed by atoms with Crippen molar-refractivity contribution in [2.45, 2.75) is 51.2 Å². The van der Waals surface area contributed by atoms with Crippen LogP contribution in [-0.4, -0.2) is 43.3 Å². The fourth-order valence-corrected chi connectivity index (χ4v) is 3.32. The van der Waals surface area contributed by atoms with Gasteiger partial charge in [0.15, 0.2) is 0 Å². The van der Waals surface area contributed by atoms with Crippen molar-refractivity contribution >= 4 is 0 Å². The zero-order valence-corrected chi connectivity index (χ0v) is 11.7. The molecule has 3 unspecified atom stereocenters. The van der Waals surface area contributed by atoms with E-state index in [2.05, 4.69) is 17.1 Å². The Morgan fingerprint density at radius 2 is 1.89 bits per heavy atom. The fraction of sp³-hybridized carbons (Fsp3) is 1.00. The van der Waals surface area contributed by atoms with Gasteiger partial charge in [-0.25, -0.2) is 0 Å². The van der Waals surface area contributed by atoms with E-state index in [9.17, 15) is 13.2 Å². The van der Waals surface area contributed by atoms with Crippen LogP contribution < -0.4 is 5.32 Å². The molecule has 1 saturated carbocycles. The lowest BCUT2D eigenvalue weighted by molar-refractivity contribution is -0.177. The zero-order chi connectivity index (χ0) is 13.9. The molecule has 3 atom stereocenters. The Morgan fingerprint density at radius 3 is 2.63 bits per heavy atom. The Bertz CT molecular complexity index is 280. The summed E-state index contributed by atoms with van der Waals surface area (Å²) < 4.78 is 38.8. The second-order valence-electron chi connectivity index (χ2n) is 6.20. The van der Waals surface area contributed by atoms with Gasteiger partial charge in [-0.1, -0.05) is 19.8 Å². The number of hydrogen-bond acceptors (Lipinski definition) is 2. The van der Waals surface area contributed by atoms with Crippen molar-refractivity contribution in [1.29, 1.82) is 0 Å². The maximum Gasteiger partial charge on any atom is 0.394 e. The summed E-state index contributed by atoms with van der Waals surface area (Å²) in [4.78, 5) is 2.09. The van der Waals surface area contributed by atoms with Gasteiger partial charge in [0.25, 0.3) is 0 Å². The topological polar surface area (TPSA) is 15.3 Å². The highest BCUT2D eigenvalue weighted by atomic mass is 19.4. The largest absolute Gasteiger partial charge is 0.394 e. The molecule has 2 nitrogen and oxygen atoms in total. The van der Waals surface area contributed by atoms with E-state index in [1.54, 1.807) is 0 Å². The molecule has 0 aromatic carbocycles. The van der Waals surface area contributed by atoms with Crippen LogP contribution in [0.5, 0.6) is 0 Å². The van der Waals surface area contributed by atoms with Crippen molar-refractivity contribution < 1.29 is 13.2 Å². The van der Waals surface area contributed by atoms with Crippen molar-refractivity contribution in [2.24, 2.45) is 11.8 Å². The van der Waals surface area contributed by atoms with Crippen LogP contribution >= 0.6 is 0 Å². The monoisotopic (exact) mass is 278 g/mol. The van der Waals surface area contributed by atoms with Crippen molar-refractivity contribution in [1.82, 2.24) is 10.2 Å². The smallest absolute Gasteiger partial charge is 0.315 e. The second-order valence-corrected chi connectivity index (χ2v) is 6.20. The molecule has 0 aromatic rings. The molecule has 19 heavy (non-hydrogen) atoms. The van der Waals surface area contributed by atoms with E-state index in [1.807, 2.05) is 0 Å². The first-order chi connectivity index (χ1) is 8.97. The summed E-state index contributed by atoms with van der Waals surface area (Å²) >= 11 is 0. The average molecular weight is 278 g/mol. The molecular weight excluding hydrogens is 253 g/mol. The lowest BCUT2D eigenvalue weighted by Crippen LogP contribution is -2.42. The molecule has 1 N–H and O–H groups in total. The summed E-state index contributed by atoms with van der Waals surface area (Å²) in [5.74, 6) is -0.482. The highest BCUT2D eigenvalue weighted by Gasteiger charge is 2.42. The Morgan fingerprint density at radius 1 is 1.11 bits per heavy atom. The molecule has 1 aliphatic heterocycles. The normalized spacial score (nSPS) is 35.7. The van der Waals surface area contributed by atoms with E-state index in [0.29, 0.717) is 12.6 Å². The zero-order valence-electron chi connectivity index (χ0n) is 11.7. The van der Waals surface area contributed by atoms with E-state index in [0.717, 1.165) is 38.1 Å². The van der Waals surface area contributed by atoms with E-state index in [1.165, 1.54) is 6.42 Å². The van der Waals surface area contributed by atoms with Crippen molar-refractivity contribution in [2.75, 3.05) is 26.2 Å². The molecule has 1 aliphatic carbocycles. The predicted octanol–water partition coefficient (Wildman–Crippen LogP) is 3.04. The first-order valence-corrected chi connectivity index (χ1v) is 7.48. The van der Waals surface area contributed by atoms with Crippen LogP contribution in [0.4, 0.5) is 13.2 Å². The molecule has 1 saturated heterocycles. The number of nitrogens with zero attached hydrogens (tertiary/aromatic N) is 1. The highest BCUT2D eigenvalue weighted by molar-refractivity contribution is 4.84. The Kier molecular flexibility index (Phi) is 5.12. The van der Waals surface area contributed by atoms with Gasteiger partial charge in [0, 0.05) is 32.2 Å². The van der Waals surface area contributed by atoms with E-state index >= 15 is 0 Å². The van der Waals surface area contributed by atoms with Gasteiger partial charge >= 0.3 is 6.18 Å². The van der Waals surface area contributed by atoms with Gasteiger partial charge in [-0.15, -0.1) is 0 Å². The maximum absolute atomic E-state index is 12.9. The molecule has 1 heterocycles. The molecule has 2 rings (SSSR count). The lowest BCUT2D eigenvalue weighted by atomic mass is 10.0. The second kappa shape index (κ2) is 6.44. The quantitative estimate of drug-likeness (QED) is 0.742. The molecule has 0 aromatic heterocycles. The summed E-state index contributed by atoms with van der Waals surface area (Å²) in [7, 11) is 0. The van der Waals surface area contributed by atoms with Crippen LogP contribution in [0, 0.1) is 11.8 Å². The predicted molar refractivity (Wildman–Crippen MR) is 70.0 cm³/mol. The van der Waals surface area contributed by atoms with Crippen LogP contribution in [0.1, 0.15) is 39.0 Å². The molecule has 0 radical (unpaired) electrons. The molecule has 0 bridgehead atoms. The van der Waals surface area contributed by atoms with Gasteiger partial charge in [-0.05, 0) is 25.2 Å². The van der Waals surface area contributed by atoms with E-state index in [4.69, 9.17) is 0 Å². The third-order valence-electron chi connectivity index (χ3n) is 4.63. The summed E-state index contributed by atoms with van der Waals surface area (Å²) in [5, 5.41) is 2.94. The van der Waals surface area contributed by atoms with Crippen LogP contribution in [0.15, 0.2) is 0 Å². The minimum absolute atomic E-state index is 0.0725. The van der Waals surface area contributed by atoms with Gasteiger partial charge in [0.1, 0.15) is 0 Å². The summed E-state index contributed by atoms with van der Waals surface area (Å²) in [5.41, 5.74) is 0. The first-order valence-electron chi connectivity index (χ1n) is 7.48. The van der Waals surface area contributed by atoms with Gasteiger partial charge < -0.3 is 5.32 Å². The average Bonchev–Trinajstić information content (AvgIpc) is 2.68. The van der Waals surface area contributed by atoms with Crippen molar-refractivity contribution in [3.05, 3.63) is 0 Å². The standard InChI is InChI=1S/C14H25F3N2/c1-11-3-2-4-13(6-5-11)19-8-7-18-9-12(10-19)14(15,16)17/h11-13,18H,2-10H2,1H3. The third kappa shape index (κ3) is 4.35. The van der Waals surface area contributed by atoms with Crippen LogP contribution in [0.2, 0.25) is 0 Å². The molecule has 2 aliphatic rings. The minimum Gasteiger partial charge on any atom is -0.315 e. The number of hydrogen-bond donors (Lipinski definition) is 1. The van der Waals surface area contributed by atoms with Crippen molar-refractivity contribution in [3.63, 3.8) is 0 Å². The van der Waals surface area contributed by atoms with Crippen LogP contribution in [-0.2, 0) is 0 Å². The Hall–Kier alpha value is -0.290. The van der Waals surface area contributed by atoms with Gasteiger partial charge in [-0.2, -0.15) is 13.2 Å². The molecule has 0 amide bonds. The van der Waals surface area contributed by atoms with E-state index in [-0.39, 0.29) is 13.1 Å². The molecular formula is C14H25F3N2. The van der Waals surface area contributed by atoms with Gasteiger partial charge in [0.2, 0.25) is 0 Å². The van der Waals surface area contributed by atoms with Crippen molar-refractivity contribution in [3.8, 4) is 0 Å². The van der Waals surface area contributed by atoms with Gasteiger partial charge in [-0.3, -0.25) is 4.90 Å².